The molecule has 146 valence electrons. The van der Waals surface area contributed by atoms with Crippen LogP contribution in [-0.4, -0.2) is 52.6 Å². The molecule has 1 saturated heterocycles. The second kappa shape index (κ2) is 6.77. The van der Waals surface area contributed by atoms with E-state index in [4.69, 9.17) is 4.74 Å². The van der Waals surface area contributed by atoms with Crippen molar-refractivity contribution >= 4 is 28.9 Å². The maximum absolute atomic E-state index is 13.1. The predicted molar refractivity (Wildman–Crippen MR) is 109 cm³/mol. The van der Waals surface area contributed by atoms with Crippen molar-refractivity contribution in [3.8, 4) is 5.75 Å². The number of para-hydroxylation sites is 1. The minimum Gasteiger partial charge on any atom is -0.497 e. The maximum Gasteiger partial charge on any atom is 0.266 e. The minimum absolute atomic E-state index is 0.0441. The smallest absolute Gasteiger partial charge is 0.266 e. The largest absolute Gasteiger partial charge is 0.497 e. The SMILES string of the molecule is COc1ccc(C=NN2CC(=O)N3Cc4[nH]c5ccccc5c4CC3C2=O)cc1. The molecule has 1 unspecified atom stereocenters. The molecular weight excluding hydrogens is 368 g/mol. The molecule has 3 aromatic rings. The molecule has 0 saturated carbocycles. The second-order valence-corrected chi connectivity index (χ2v) is 7.28. The Morgan fingerprint density at radius 1 is 1.10 bits per heavy atom. The molecule has 2 aromatic carbocycles. The van der Waals surface area contributed by atoms with Gasteiger partial charge in [-0.15, -0.1) is 0 Å². The van der Waals surface area contributed by atoms with Crippen LogP contribution >= 0.6 is 0 Å². The Bertz CT molecular complexity index is 1130. The molecule has 2 aliphatic heterocycles. The lowest BCUT2D eigenvalue weighted by Gasteiger charge is -2.40. The van der Waals surface area contributed by atoms with Gasteiger partial charge in [-0.25, -0.2) is 5.01 Å². The third-order valence-electron chi connectivity index (χ3n) is 5.61. The molecular formula is C22H20N4O3. The van der Waals surface area contributed by atoms with Crippen LogP contribution in [0.25, 0.3) is 10.9 Å². The molecule has 1 atom stereocenters. The highest BCUT2D eigenvalue weighted by Gasteiger charge is 2.43. The normalized spacial score (nSPS) is 19.0. The lowest BCUT2D eigenvalue weighted by atomic mass is 9.94. The summed E-state index contributed by atoms with van der Waals surface area (Å²) in [6, 6.07) is 14.9. The Labute approximate surface area is 167 Å². The summed E-state index contributed by atoms with van der Waals surface area (Å²) < 4.78 is 5.14. The zero-order valence-electron chi connectivity index (χ0n) is 16.0. The fourth-order valence-corrected chi connectivity index (χ4v) is 4.08. The molecule has 5 rings (SSSR count). The number of benzene rings is 2. The molecule has 2 aliphatic rings. The third kappa shape index (κ3) is 2.95. The summed E-state index contributed by atoms with van der Waals surface area (Å²) >= 11 is 0. The zero-order valence-corrected chi connectivity index (χ0v) is 16.0. The van der Waals surface area contributed by atoms with Gasteiger partial charge in [0.2, 0.25) is 5.91 Å². The standard InChI is InChI=1S/C22H20N4O3/c1-29-15-8-6-14(7-9-15)11-23-26-13-21(27)25-12-19-17(10-20(25)22(26)28)16-4-2-3-5-18(16)24-19/h2-9,11,20,24H,10,12-13H2,1H3. The average molecular weight is 388 g/mol. The molecule has 0 bridgehead atoms. The number of amides is 2. The number of rotatable bonds is 3. The molecule has 0 spiro atoms. The monoisotopic (exact) mass is 388 g/mol. The van der Waals surface area contributed by atoms with Crippen LogP contribution in [0.5, 0.6) is 5.75 Å². The zero-order chi connectivity index (χ0) is 20.0. The van der Waals surface area contributed by atoms with Gasteiger partial charge in [-0.3, -0.25) is 9.59 Å². The van der Waals surface area contributed by atoms with E-state index in [0.717, 1.165) is 33.5 Å². The van der Waals surface area contributed by atoms with Gasteiger partial charge in [-0.1, -0.05) is 18.2 Å². The van der Waals surface area contributed by atoms with Crippen molar-refractivity contribution in [1.82, 2.24) is 14.9 Å². The van der Waals surface area contributed by atoms with Gasteiger partial charge < -0.3 is 14.6 Å². The first kappa shape index (κ1) is 17.5. The summed E-state index contributed by atoms with van der Waals surface area (Å²) in [5.74, 6) is 0.509. The van der Waals surface area contributed by atoms with Gasteiger partial charge in [0.05, 0.1) is 19.9 Å². The van der Waals surface area contributed by atoms with Crippen molar-refractivity contribution in [2.24, 2.45) is 5.10 Å². The molecule has 0 radical (unpaired) electrons. The highest BCUT2D eigenvalue weighted by molar-refractivity contribution is 5.97. The van der Waals surface area contributed by atoms with Gasteiger partial charge in [0.25, 0.3) is 5.91 Å². The van der Waals surface area contributed by atoms with Crippen LogP contribution in [0, 0.1) is 0 Å². The van der Waals surface area contributed by atoms with Crippen LogP contribution < -0.4 is 4.74 Å². The van der Waals surface area contributed by atoms with Crippen molar-refractivity contribution in [2.45, 2.75) is 19.0 Å². The fourth-order valence-electron chi connectivity index (χ4n) is 4.08. The van der Waals surface area contributed by atoms with Crippen LogP contribution in [0.3, 0.4) is 0 Å². The van der Waals surface area contributed by atoms with E-state index in [1.165, 1.54) is 5.01 Å². The van der Waals surface area contributed by atoms with Crippen LogP contribution in [0.4, 0.5) is 0 Å². The number of aromatic amines is 1. The van der Waals surface area contributed by atoms with Crippen molar-refractivity contribution in [3.05, 3.63) is 65.4 Å². The summed E-state index contributed by atoms with van der Waals surface area (Å²) in [6.07, 6.45) is 2.10. The number of fused-ring (bicyclic) bond motifs is 4. The Morgan fingerprint density at radius 2 is 1.90 bits per heavy atom. The molecule has 0 aliphatic carbocycles. The van der Waals surface area contributed by atoms with Crippen molar-refractivity contribution in [1.29, 1.82) is 0 Å². The Morgan fingerprint density at radius 3 is 2.69 bits per heavy atom. The first-order chi connectivity index (χ1) is 14.1. The van der Waals surface area contributed by atoms with Crippen LogP contribution in [0.1, 0.15) is 16.8 Å². The van der Waals surface area contributed by atoms with Gasteiger partial charge in [0.15, 0.2) is 0 Å². The van der Waals surface area contributed by atoms with Gasteiger partial charge >= 0.3 is 0 Å². The van der Waals surface area contributed by atoms with Crippen molar-refractivity contribution in [3.63, 3.8) is 0 Å². The topological polar surface area (TPSA) is 78.0 Å². The highest BCUT2D eigenvalue weighted by Crippen LogP contribution is 2.32. The molecule has 29 heavy (non-hydrogen) atoms. The summed E-state index contributed by atoms with van der Waals surface area (Å²) in [6.45, 7) is 0.382. The molecule has 3 heterocycles. The van der Waals surface area contributed by atoms with Gasteiger partial charge in [0, 0.05) is 23.0 Å². The molecule has 1 N–H and O–H groups in total. The molecule has 7 heteroatoms. The highest BCUT2D eigenvalue weighted by atomic mass is 16.5. The van der Waals surface area contributed by atoms with E-state index >= 15 is 0 Å². The number of H-pyrrole nitrogens is 1. The predicted octanol–water partition coefficient (Wildman–Crippen LogP) is 2.31. The number of carbonyl (C=O) groups is 2. The number of piperazine rings is 1. The third-order valence-corrected chi connectivity index (χ3v) is 5.61. The number of hydrogen-bond acceptors (Lipinski definition) is 4. The van der Waals surface area contributed by atoms with E-state index in [-0.39, 0.29) is 18.4 Å². The number of ether oxygens (including phenoxy) is 1. The first-order valence-electron chi connectivity index (χ1n) is 9.51. The summed E-state index contributed by atoms with van der Waals surface area (Å²) in [5, 5.41) is 6.70. The lowest BCUT2D eigenvalue weighted by molar-refractivity contribution is -0.157. The molecule has 2 amide bonds. The van der Waals surface area contributed by atoms with E-state index in [9.17, 15) is 9.59 Å². The number of methoxy groups -OCH3 is 1. The van der Waals surface area contributed by atoms with Crippen LogP contribution in [0.2, 0.25) is 0 Å². The fraction of sp³-hybridized carbons (Fsp3) is 0.227. The summed E-state index contributed by atoms with van der Waals surface area (Å²) in [4.78, 5) is 30.9. The summed E-state index contributed by atoms with van der Waals surface area (Å²) in [5.41, 5.74) is 3.99. The first-order valence-corrected chi connectivity index (χ1v) is 9.51. The average Bonchev–Trinajstić information content (AvgIpc) is 3.12. The van der Waals surface area contributed by atoms with Crippen molar-refractivity contribution < 1.29 is 14.3 Å². The van der Waals surface area contributed by atoms with Gasteiger partial charge in [0.1, 0.15) is 18.3 Å². The Kier molecular flexibility index (Phi) is 4.08. The number of nitrogens with one attached hydrogen (secondary N) is 1. The van der Waals surface area contributed by atoms with Crippen molar-refractivity contribution in [2.75, 3.05) is 13.7 Å². The number of aromatic nitrogens is 1. The van der Waals surface area contributed by atoms with Gasteiger partial charge in [-0.05, 0) is 41.5 Å². The molecule has 1 fully saturated rings. The maximum atomic E-state index is 13.1. The number of carbonyl (C=O) groups excluding carboxylic acids is 2. The van der Waals surface area contributed by atoms with E-state index in [2.05, 4.69) is 16.2 Å². The van der Waals surface area contributed by atoms with Gasteiger partial charge in [-0.2, -0.15) is 5.10 Å². The number of nitrogens with zero attached hydrogens (tertiary/aromatic N) is 3. The van der Waals surface area contributed by atoms with E-state index in [1.807, 2.05) is 42.5 Å². The molecule has 1 aromatic heterocycles. The Hall–Kier alpha value is -3.61. The van der Waals surface area contributed by atoms with Crippen LogP contribution in [0.15, 0.2) is 53.6 Å². The summed E-state index contributed by atoms with van der Waals surface area (Å²) in [7, 11) is 1.61. The van der Waals surface area contributed by atoms with E-state index in [1.54, 1.807) is 18.2 Å². The van der Waals surface area contributed by atoms with E-state index in [0.29, 0.717) is 13.0 Å². The minimum atomic E-state index is -0.518. The number of hydrogen-bond donors (Lipinski definition) is 1. The van der Waals surface area contributed by atoms with Crippen LogP contribution in [-0.2, 0) is 22.6 Å². The Balaban J connectivity index is 1.41. The lowest BCUT2D eigenvalue weighted by Crippen LogP contribution is -2.60. The second-order valence-electron chi connectivity index (χ2n) is 7.28. The number of hydrazone groups is 1. The van der Waals surface area contributed by atoms with E-state index < -0.39 is 6.04 Å². The molecule has 7 nitrogen and oxygen atoms in total. The quantitative estimate of drug-likeness (QED) is 0.700.